The molecule has 1 fully saturated rings. The predicted octanol–water partition coefficient (Wildman–Crippen LogP) is 1.96. The van der Waals surface area contributed by atoms with Crippen LogP contribution in [0.1, 0.15) is 36.7 Å². The van der Waals surface area contributed by atoms with Gasteiger partial charge in [0.2, 0.25) is 5.91 Å². The van der Waals surface area contributed by atoms with Crippen LogP contribution in [0.2, 0.25) is 0 Å². The molecule has 1 aliphatic rings. The molecule has 98 valence electrons. The van der Waals surface area contributed by atoms with Crippen LogP contribution in [0.5, 0.6) is 0 Å². The Morgan fingerprint density at radius 3 is 2.67 bits per heavy atom. The summed E-state index contributed by atoms with van der Waals surface area (Å²) in [4.78, 5) is 11.8. The van der Waals surface area contributed by atoms with E-state index in [4.69, 9.17) is 0 Å². The largest absolute Gasteiger partial charge is 0.350 e. The summed E-state index contributed by atoms with van der Waals surface area (Å²) in [5.41, 5.74) is 3.06. The summed E-state index contributed by atoms with van der Waals surface area (Å²) in [6.45, 7) is 6.03. The van der Waals surface area contributed by atoms with Crippen molar-refractivity contribution in [3.63, 3.8) is 0 Å². The topological polar surface area (TPSA) is 46.9 Å². The van der Waals surface area contributed by atoms with E-state index in [9.17, 15) is 4.79 Å². The van der Waals surface area contributed by atoms with E-state index in [1.54, 1.807) is 6.08 Å². The number of aromatic nitrogens is 2. The molecule has 0 bridgehead atoms. The summed E-state index contributed by atoms with van der Waals surface area (Å²) in [6.07, 6.45) is 5.94. The maximum atomic E-state index is 11.8. The smallest absolute Gasteiger partial charge is 0.244 e. The average molecular weight is 247 g/mol. The molecule has 0 radical (unpaired) electrons. The Bertz CT molecular complexity index is 483. The molecule has 1 saturated carbocycles. The van der Waals surface area contributed by atoms with Gasteiger partial charge in [0.15, 0.2) is 0 Å². The van der Waals surface area contributed by atoms with Gasteiger partial charge in [-0.05, 0) is 45.6 Å². The van der Waals surface area contributed by atoms with E-state index < -0.39 is 0 Å². The molecule has 1 amide bonds. The Hall–Kier alpha value is -1.58. The lowest BCUT2D eigenvalue weighted by Gasteiger charge is -2.10. The Balaban J connectivity index is 1.99. The molecular weight excluding hydrogens is 226 g/mol. The van der Waals surface area contributed by atoms with Crippen LogP contribution in [0, 0.1) is 19.8 Å². The average Bonchev–Trinajstić information content (AvgIpc) is 3.08. The lowest BCUT2D eigenvalue weighted by molar-refractivity contribution is -0.117. The molecule has 0 spiro atoms. The van der Waals surface area contributed by atoms with Crippen LogP contribution in [0.25, 0.3) is 6.08 Å². The van der Waals surface area contributed by atoms with Crippen molar-refractivity contribution >= 4 is 12.0 Å². The van der Waals surface area contributed by atoms with Gasteiger partial charge in [0.05, 0.1) is 5.69 Å². The fraction of sp³-hybridized carbons (Fsp3) is 0.571. The SMILES string of the molecule is Cc1nn(C)c(C)c1/C=C/C(=O)NC(C)C1CC1. The monoisotopic (exact) mass is 247 g/mol. The fourth-order valence-corrected chi connectivity index (χ4v) is 2.18. The van der Waals surface area contributed by atoms with Gasteiger partial charge in [0, 0.05) is 30.4 Å². The van der Waals surface area contributed by atoms with Gasteiger partial charge in [-0.2, -0.15) is 5.10 Å². The minimum atomic E-state index is -0.0166. The molecular formula is C14H21N3O. The molecule has 1 heterocycles. The molecule has 1 unspecified atom stereocenters. The van der Waals surface area contributed by atoms with Crippen LogP contribution < -0.4 is 5.32 Å². The summed E-state index contributed by atoms with van der Waals surface area (Å²) < 4.78 is 1.83. The van der Waals surface area contributed by atoms with Crippen LogP contribution in [0.3, 0.4) is 0 Å². The predicted molar refractivity (Wildman–Crippen MR) is 72.0 cm³/mol. The summed E-state index contributed by atoms with van der Waals surface area (Å²) in [5, 5.41) is 7.33. The summed E-state index contributed by atoms with van der Waals surface area (Å²) in [6, 6.07) is 0.290. The molecule has 4 heteroatoms. The van der Waals surface area contributed by atoms with Gasteiger partial charge in [-0.3, -0.25) is 9.48 Å². The standard InChI is InChI=1S/C14H21N3O/c1-9(12-5-6-12)15-14(18)8-7-13-10(2)16-17(4)11(13)3/h7-9,12H,5-6H2,1-4H3,(H,15,18)/b8-7+. The highest BCUT2D eigenvalue weighted by Gasteiger charge is 2.28. The lowest BCUT2D eigenvalue weighted by Crippen LogP contribution is -2.32. The van der Waals surface area contributed by atoms with Crippen molar-refractivity contribution in [3.8, 4) is 0 Å². The molecule has 1 atom stereocenters. The van der Waals surface area contributed by atoms with Crippen LogP contribution in [0.4, 0.5) is 0 Å². The number of hydrogen-bond donors (Lipinski definition) is 1. The minimum absolute atomic E-state index is 0.0166. The van der Waals surface area contributed by atoms with Crippen molar-refractivity contribution in [2.24, 2.45) is 13.0 Å². The number of nitrogens with zero attached hydrogens (tertiary/aromatic N) is 2. The Morgan fingerprint density at radius 2 is 2.17 bits per heavy atom. The number of nitrogens with one attached hydrogen (secondary N) is 1. The fourth-order valence-electron chi connectivity index (χ4n) is 2.18. The van der Waals surface area contributed by atoms with Gasteiger partial charge in [0.25, 0.3) is 0 Å². The van der Waals surface area contributed by atoms with Crippen molar-refractivity contribution in [2.75, 3.05) is 0 Å². The third-order valence-electron chi connectivity index (χ3n) is 3.67. The molecule has 0 aromatic carbocycles. The second-order valence-corrected chi connectivity index (χ2v) is 5.18. The molecule has 1 aliphatic carbocycles. The second-order valence-electron chi connectivity index (χ2n) is 5.18. The van der Waals surface area contributed by atoms with E-state index in [0.29, 0.717) is 12.0 Å². The first-order valence-electron chi connectivity index (χ1n) is 6.48. The third kappa shape index (κ3) is 2.81. The number of amides is 1. The van der Waals surface area contributed by atoms with Crippen LogP contribution in [-0.2, 0) is 11.8 Å². The zero-order chi connectivity index (χ0) is 13.3. The molecule has 1 aromatic heterocycles. The van der Waals surface area contributed by atoms with Crippen molar-refractivity contribution in [1.29, 1.82) is 0 Å². The van der Waals surface area contributed by atoms with Gasteiger partial charge < -0.3 is 5.32 Å². The van der Waals surface area contributed by atoms with E-state index in [-0.39, 0.29) is 5.91 Å². The number of carbonyl (C=O) groups excluding carboxylic acids is 1. The highest BCUT2D eigenvalue weighted by Crippen LogP contribution is 2.32. The van der Waals surface area contributed by atoms with Crippen LogP contribution >= 0.6 is 0 Å². The lowest BCUT2D eigenvalue weighted by atomic mass is 10.1. The number of aryl methyl sites for hydroxylation is 2. The minimum Gasteiger partial charge on any atom is -0.350 e. The molecule has 2 rings (SSSR count). The van der Waals surface area contributed by atoms with E-state index in [1.807, 2.05) is 31.7 Å². The quantitative estimate of drug-likeness (QED) is 0.827. The summed E-state index contributed by atoms with van der Waals surface area (Å²) in [7, 11) is 1.91. The van der Waals surface area contributed by atoms with Gasteiger partial charge in [-0.15, -0.1) is 0 Å². The van der Waals surface area contributed by atoms with E-state index in [1.165, 1.54) is 12.8 Å². The first-order valence-corrected chi connectivity index (χ1v) is 6.48. The molecule has 1 aromatic rings. The Kier molecular flexibility index (Phi) is 3.55. The Labute approximate surface area is 108 Å². The van der Waals surface area contributed by atoms with Gasteiger partial charge >= 0.3 is 0 Å². The Morgan fingerprint density at radius 1 is 1.50 bits per heavy atom. The first-order chi connectivity index (χ1) is 8.49. The van der Waals surface area contributed by atoms with E-state index in [0.717, 1.165) is 17.0 Å². The molecule has 0 saturated heterocycles. The highest BCUT2D eigenvalue weighted by atomic mass is 16.1. The zero-order valence-electron chi connectivity index (χ0n) is 11.5. The maximum absolute atomic E-state index is 11.8. The van der Waals surface area contributed by atoms with Gasteiger partial charge in [-0.1, -0.05) is 0 Å². The van der Waals surface area contributed by atoms with Crippen molar-refractivity contribution in [1.82, 2.24) is 15.1 Å². The summed E-state index contributed by atoms with van der Waals surface area (Å²) in [5.74, 6) is 0.668. The summed E-state index contributed by atoms with van der Waals surface area (Å²) >= 11 is 0. The molecule has 4 nitrogen and oxygen atoms in total. The molecule has 18 heavy (non-hydrogen) atoms. The first kappa shape index (κ1) is 12.9. The van der Waals surface area contributed by atoms with Crippen molar-refractivity contribution in [3.05, 3.63) is 23.0 Å². The normalized spacial score (nSPS) is 17.1. The second kappa shape index (κ2) is 4.96. The van der Waals surface area contributed by atoms with Crippen LogP contribution in [-0.4, -0.2) is 21.7 Å². The molecule has 1 N–H and O–H groups in total. The third-order valence-corrected chi connectivity index (χ3v) is 3.67. The maximum Gasteiger partial charge on any atom is 0.244 e. The number of rotatable bonds is 4. The highest BCUT2D eigenvalue weighted by molar-refractivity contribution is 5.92. The van der Waals surface area contributed by atoms with E-state index >= 15 is 0 Å². The number of carbonyl (C=O) groups is 1. The van der Waals surface area contributed by atoms with Crippen molar-refractivity contribution < 1.29 is 4.79 Å². The van der Waals surface area contributed by atoms with Crippen LogP contribution in [0.15, 0.2) is 6.08 Å². The van der Waals surface area contributed by atoms with E-state index in [2.05, 4.69) is 17.3 Å². The van der Waals surface area contributed by atoms with Gasteiger partial charge in [0.1, 0.15) is 0 Å². The number of hydrogen-bond acceptors (Lipinski definition) is 2. The molecule has 0 aliphatic heterocycles. The van der Waals surface area contributed by atoms with Crippen molar-refractivity contribution in [2.45, 2.75) is 39.7 Å². The van der Waals surface area contributed by atoms with Gasteiger partial charge in [-0.25, -0.2) is 0 Å². The zero-order valence-corrected chi connectivity index (χ0v) is 11.5.